The third kappa shape index (κ3) is 5.49. The van der Waals surface area contributed by atoms with Gasteiger partial charge in [-0.05, 0) is 99.1 Å². The number of nitriles is 1. The first-order valence-corrected chi connectivity index (χ1v) is 11.0. The number of halogens is 3. The van der Waals surface area contributed by atoms with Crippen molar-refractivity contribution in [3.05, 3.63) is 95.1 Å². The molecule has 2 nitrogen and oxygen atoms in total. The summed E-state index contributed by atoms with van der Waals surface area (Å²) < 4.78 is 8.04. The Balaban J connectivity index is 1.83. The Morgan fingerprint density at radius 3 is 2.21 bits per heavy atom. The van der Waals surface area contributed by atoms with Gasteiger partial charge in [-0.1, -0.05) is 53.6 Å². The second-order valence-corrected chi connectivity index (χ2v) is 9.03. The van der Waals surface area contributed by atoms with Crippen LogP contribution in [-0.4, -0.2) is 0 Å². The van der Waals surface area contributed by atoms with Crippen LogP contribution < -0.4 is 4.74 Å². The molecule has 0 bridgehead atoms. The zero-order valence-corrected chi connectivity index (χ0v) is 20.1. The summed E-state index contributed by atoms with van der Waals surface area (Å²) in [7, 11) is 0. The van der Waals surface area contributed by atoms with Crippen LogP contribution in [0.4, 0.5) is 0 Å². The average Bonchev–Trinajstić information content (AvgIpc) is 2.67. The smallest absolute Gasteiger partial charge is 0.146 e. The largest absolute Gasteiger partial charge is 0.487 e. The van der Waals surface area contributed by atoms with E-state index in [1.54, 1.807) is 0 Å². The van der Waals surface area contributed by atoms with Crippen molar-refractivity contribution in [2.75, 3.05) is 0 Å². The van der Waals surface area contributed by atoms with E-state index in [0.29, 0.717) is 17.2 Å². The normalized spacial score (nSPS) is 11.2. The average molecular weight is 612 g/mol. The van der Waals surface area contributed by atoms with E-state index < -0.39 is 0 Å². The lowest BCUT2D eigenvalue weighted by Gasteiger charge is -2.12. The molecule has 0 atom stereocenters. The number of allylic oxidation sites excluding steroid dienone is 1. The highest BCUT2D eigenvalue weighted by Crippen LogP contribution is 2.31. The summed E-state index contributed by atoms with van der Waals surface area (Å²) in [6.07, 6.45) is 1.91. The van der Waals surface area contributed by atoms with Crippen LogP contribution in [0.15, 0.2) is 60.7 Å². The van der Waals surface area contributed by atoms with Gasteiger partial charge in [0.05, 0.1) is 18.8 Å². The minimum absolute atomic E-state index is 0.477. The van der Waals surface area contributed by atoms with E-state index in [1.807, 2.05) is 73.7 Å². The molecule has 0 spiro atoms. The molecule has 0 unspecified atom stereocenters. The van der Waals surface area contributed by atoms with Crippen molar-refractivity contribution in [3.8, 4) is 11.8 Å². The number of benzene rings is 3. The monoisotopic (exact) mass is 611 g/mol. The van der Waals surface area contributed by atoms with E-state index >= 15 is 0 Å². The van der Waals surface area contributed by atoms with Crippen molar-refractivity contribution in [1.82, 2.24) is 0 Å². The molecular formula is C23H16ClI2NO. The van der Waals surface area contributed by atoms with Crippen molar-refractivity contribution < 1.29 is 4.74 Å². The third-order valence-corrected chi connectivity index (χ3v) is 5.97. The van der Waals surface area contributed by atoms with Crippen LogP contribution in [0.5, 0.6) is 5.75 Å². The van der Waals surface area contributed by atoms with E-state index in [-0.39, 0.29) is 0 Å². The van der Waals surface area contributed by atoms with Crippen molar-refractivity contribution in [2.45, 2.75) is 13.5 Å². The maximum absolute atomic E-state index is 9.58. The van der Waals surface area contributed by atoms with Crippen LogP contribution in [0.2, 0.25) is 5.02 Å². The molecule has 0 heterocycles. The standard InChI is InChI=1S/C23H16ClI2NO/c1-15-2-6-18(7-3-15)19(13-27)10-17-11-21(25)23(22(26)12-17)28-14-16-4-8-20(24)9-5-16/h2-12H,14H2,1H3/b19-10-. The van der Waals surface area contributed by atoms with Crippen LogP contribution in [0.3, 0.4) is 0 Å². The van der Waals surface area contributed by atoms with Gasteiger partial charge in [0.2, 0.25) is 0 Å². The zero-order valence-electron chi connectivity index (χ0n) is 15.0. The molecule has 0 fully saturated rings. The van der Waals surface area contributed by atoms with Gasteiger partial charge in [0.25, 0.3) is 0 Å². The first kappa shape index (κ1) is 21.2. The molecule has 0 radical (unpaired) electrons. The van der Waals surface area contributed by atoms with Gasteiger partial charge in [0.15, 0.2) is 0 Å². The van der Waals surface area contributed by atoms with Crippen molar-refractivity contribution in [1.29, 1.82) is 5.26 Å². The fraction of sp³-hybridized carbons (Fsp3) is 0.0870. The highest BCUT2D eigenvalue weighted by Gasteiger charge is 2.10. The Kier molecular flexibility index (Phi) is 7.38. The van der Waals surface area contributed by atoms with Gasteiger partial charge in [-0.3, -0.25) is 0 Å². The molecule has 0 amide bonds. The van der Waals surface area contributed by atoms with Gasteiger partial charge in [-0.25, -0.2) is 0 Å². The summed E-state index contributed by atoms with van der Waals surface area (Å²) in [5.74, 6) is 0.849. The molecule has 0 aromatic heterocycles. The van der Waals surface area contributed by atoms with Crippen LogP contribution >= 0.6 is 56.8 Å². The summed E-state index contributed by atoms with van der Waals surface area (Å²) in [6.45, 7) is 2.51. The molecule has 0 saturated carbocycles. The van der Waals surface area contributed by atoms with E-state index in [9.17, 15) is 5.26 Å². The molecule has 3 aromatic rings. The van der Waals surface area contributed by atoms with E-state index in [0.717, 1.165) is 29.6 Å². The van der Waals surface area contributed by atoms with Crippen LogP contribution in [-0.2, 0) is 6.61 Å². The predicted octanol–water partition coefficient (Wildman–Crippen LogP) is 7.50. The predicted molar refractivity (Wildman–Crippen MR) is 132 cm³/mol. The number of hydrogen-bond donors (Lipinski definition) is 0. The van der Waals surface area contributed by atoms with Crippen molar-refractivity contribution >= 4 is 68.4 Å². The lowest BCUT2D eigenvalue weighted by Crippen LogP contribution is -1.99. The maximum Gasteiger partial charge on any atom is 0.146 e. The summed E-state index contributed by atoms with van der Waals surface area (Å²) in [5.41, 5.74) is 4.77. The Labute approximate surface area is 197 Å². The Hall–Kier alpha value is -1.56. The third-order valence-electron chi connectivity index (χ3n) is 4.11. The van der Waals surface area contributed by atoms with Crippen LogP contribution in [0.25, 0.3) is 11.6 Å². The first-order chi connectivity index (χ1) is 13.5. The SMILES string of the molecule is Cc1ccc(/C(C#N)=C\c2cc(I)c(OCc3ccc(Cl)cc3)c(I)c2)cc1. The Morgan fingerprint density at radius 1 is 1.04 bits per heavy atom. The number of ether oxygens (including phenoxy) is 1. The molecule has 140 valence electrons. The van der Waals surface area contributed by atoms with Crippen molar-refractivity contribution in [2.24, 2.45) is 0 Å². The van der Waals surface area contributed by atoms with Gasteiger partial charge >= 0.3 is 0 Å². The fourth-order valence-corrected chi connectivity index (χ4v) is 4.87. The second-order valence-electron chi connectivity index (χ2n) is 6.26. The fourth-order valence-electron chi connectivity index (χ4n) is 2.62. The van der Waals surface area contributed by atoms with Crippen molar-refractivity contribution in [3.63, 3.8) is 0 Å². The quantitative estimate of drug-likeness (QED) is 0.170. The zero-order chi connectivity index (χ0) is 20.1. The summed E-state index contributed by atoms with van der Waals surface area (Å²) in [6, 6.07) is 22.0. The van der Waals surface area contributed by atoms with E-state index in [4.69, 9.17) is 16.3 Å². The van der Waals surface area contributed by atoms with Gasteiger partial charge in [-0.2, -0.15) is 5.26 Å². The lowest BCUT2D eigenvalue weighted by atomic mass is 10.0. The minimum Gasteiger partial charge on any atom is -0.487 e. The molecule has 0 aliphatic heterocycles. The molecule has 0 aliphatic carbocycles. The molecular weight excluding hydrogens is 596 g/mol. The van der Waals surface area contributed by atoms with Crippen LogP contribution in [0, 0.1) is 25.4 Å². The molecule has 0 aliphatic rings. The van der Waals surface area contributed by atoms with Crippen LogP contribution in [0.1, 0.15) is 22.3 Å². The lowest BCUT2D eigenvalue weighted by molar-refractivity contribution is 0.302. The Morgan fingerprint density at radius 2 is 1.64 bits per heavy atom. The highest BCUT2D eigenvalue weighted by molar-refractivity contribution is 14.1. The maximum atomic E-state index is 9.58. The first-order valence-electron chi connectivity index (χ1n) is 8.51. The van der Waals surface area contributed by atoms with Gasteiger partial charge in [0.1, 0.15) is 12.4 Å². The summed E-state index contributed by atoms with van der Waals surface area (Å²) in [5, 5.41) is 10.3. The number of hydrogen-bond acceptors (Lipinski definition) is 2. The molecule has 0 N–H and O–H groups in total. The second kappa shape index (κ2) is 9.77. The number of aryl methyl sites for hydroxylation is 1. The molecule has 5 heteroatoms. The van der Waals surface area contributed by atoms with E-state index in [1.165, 1.54) is 5.56 Å². The number of nitrogens with zero attached hydrogens (tertiary/aromatic N) is 1. The van der Waals surface area contributed by atoms with Gasteiger partial charge < -0.3 is 4.74 Å². The highest BCUT2D eigenvalue weighted by atomic mass is 127. The van der Waals surface area contributed by atoms with Gasteiger partial charge in [-0.15, -0.1) is 0 Å². The number of rotatable bonds is 5. The Bertz CT molecular complexity index is 1030. The topological polar surface area (TPSA) is 33.0 Å². The van der Waals surface area contributed by atoms with Gasteiger partial charge in [0, 0.05) is 5.02 Å². The summed E-state index contributed by atoms with van der Waals surface area (Å²) in [4.78, 5) is 0. The minimum atomic E-state index is 0.477. The van der Waals surface area contributed by atoms with E-state index in [2.05, 4.69) is 51.3 Å². The molecule has 3 aromatic carbocycles. The molecule has 0 saturated heterocycles. The molecule has 28 heavy (non-hydrogen) atoms. The summed E-state index contributed by atoms with van der Waals surface area (Å²) >= 11 is 10.5. The molecule has 3 rings (SSSR count).